The summed E-state index contributed by atoms with van der Waals surface area (Å²) in [7, 11) is 0. The van der Waals surface area contributed by atoms with E-state index in [4.69, 9.17) is 0 Å². The molecule has 0 aromatic heterocycles. The molecule has 0 aromatic rings. The van der Waals surface area contributed by atoms with Gasteiger partial charge in [-0.05, 0) is 0 Å². The van der Waals surface area contributed by atoms with Gasteiger partial charge in [0.25, 0.3) is 0 Å². The van der Waals surface area contributed by atoms with Crippen molar-refractivity contribution in [2.45, 2.75) is 0 Å². The summed E-state index contributed by atoms with van der Waals surface area (Å²) in [6.07, 6.45) is 0. The van der Waals surface area contributed by atoms with Crippen LogP contribution in [0.2, 0.25) is 0 Å². The van der Waals surface area contributed by atoms with Crippen LogP contribution < -0.4 is 0 Å². The van der Waals surface area contributed by atoms with Gasteiger partial charge in [0, 0.05) is 0 Å². The molecule has 0 saturated heterocycles. The zero-order chi connectivity index (χ0) is 0. The Labute approximate surface area is 57.0 Å². The van der Waals surface area contributed by atoms with Gasteiger partial charge in [0.05, 0.1) is 8.41 Å². The Bertz CT molecular complexity index is 8.00. The molecule has 0 aliphatic rings. The van der Waals surface area contributed by atoms with Crippen molar-refractivity contribution < 1.29 is 0 Å². The molecule has 0 aliphatic heterocycles. The Balaban J connectivity index is 0. The summed E-state index contributed by atoms with van der Waals surface area (Å²) in [5.74, 6) is 0. The van der Waals surface area contributed by atoms with Gasteiger partial charge < -0.3 is 0 Å². The predicted octanol–water partition coefficient (Wildman–Crippen LogP) is -2.59. The fourth-order valence-electron chi connectivity index (χ4n) is 0. The van der Waals surface area contributed by atoms with Crippen LogP contribution in [0, 0.1) is 0 Å². The van der Waals surface area contributed by atoms with Crippen molar-refractivity contribution in [1.29, 1.82) is 0 Å². The molecule has 4 heteroatoms. The molecule has 0 fully saturated rings. The number of halogens is 1. The molecule has 0 amide bonds. The summed E-state index contributed by atoms with van der Waals surface area (Å²) in [6.45, 7) is 0. The normalized spacial score (nSPS) is 0. The van der Waals surface area contributed by atoms with Crippen LogP contribution in [-0.2, 0) is 0 Å². The Kier molecular flexibility index (Phi) is 309. The van der Waals surface area contributed by atoms with E-state index in [9.17, 15) is 0 Å². The molecule has 0 aromatic carbocycles. The van der Waals surface area contributed by atoms with Crippen LogP contribution in [0.4, 0.5) is 0 Å². The maximum absolute atomic E-state index is 0. The van der Waals surface area contributed by atoms with Crippen LogP contribution in [-0.4, -0.2) is 44.6 Å². The molecule has 0 saturated carbocycles. The van der Waals surface area contributed by atoms with Crippen LogP contribution in [0.15, 0.2) is 0 Å². The second kappa shape index (κ2) is 24.7. The molecule has 0 bridgehead atoms. The van der Waals surface area contributed by atoms with Crippen LogP contribution in [0.1, 0.15) is 0 Å². The molecule has 0 rings (SSSR count). The van der Waals surface area contributed by atoms with Crippen LogP contribution in [0.5, 0.6) is 0 Å². The van der Waals surface area contributed by atoms with Crippen molar-refractivity contribution in [2.24, 2.45) is 0 Å². The Morgan fingerprint density at radius 1 is 1.00 bits per heavy atom. The quantitative estimate of drug-likeness (QED) is 0.285. The molecule has 0 spiro atoms. The van der Waals surface area contributed by atoms with Gasteiger partial charge in [-0.25, -0.2) is 0 Å². The molecule has 22 valence electrons. The first kappa shape index (κ1) is 50.0. The van der Waals surface area contributed by atoms with E-state index < -0.39 is 0 Å². The molecule has 0 nitrogen and oxygen atoms in total. The topological polar surface area (TPSA) is 0 Å². The van der Waals surface area contributed by atoms with Gasteiger partial charge in [0.2, 0.25) is 0 Å². The standard InChI is InChI=1S/Al.BH3.ClH.Li.4H/h;1H3;1H;;;;;. The molecule has 0 heterocycles. The van der Waals surface area contributed by atoms with Crippen molar-refractivity contribution in [1.82, 2.24) is 0 Å². The summed E-state index contributed by atoms with van der Waals surface area (Å²) in [4.78, 5) is 0. The van der Waals surface area contributed by atoms with Gasteiger partial charge in [0.15, 0.2) is 17.4 Å². The molecule has 0 N–H and O–H groups in total. The van der Waals surface area contributed by atoms with E-state index in [2.05, 4.69) is 0 Å². The maximum atomic E-state index is 0. The van der Waals surface area contributed by atoms with E-state index in [1.165, 1.54) is 0 Å². The SMILES string of the molecule is B.Cl.[AlH3].[LiH]. The summed E-state index contributed by atoms with van der Waals surface area (Å²) in [5.41, 5.74) is 0. The number of hydrogen-bond donors (Lipinski definition) is 0. The average molecular weight is 88.3 g/mol. The minimum absolute atomic E-state index is 0. The Hall–Kier alpha value is 1.48. The Morgan fingerprint density at radius 2 is 1.00 bits per heavy atom. The molecule has 4 heavy (non-hydrogen) atoms. The van der Waals surface area contributed by atoms with E-state index in [1.54, 1.807) is 0 Å². The fourth-order valence-corrected chi connectivity index (χ4v) is 0. The van der Waals surface area contributed by atoms with Crippen LogP contribution >= 0.6 is 12.4 Å². The van der Waals surface area contributed by atoms with Crippen LogP contribution in [0.3, 0.4) is 0 Å². The molecular formula is H8AlBClLi. The van der Waals surface area contributed by atoms with Crippen molar-refractivity contribution >= 4 is 57.0 Å². The third kappa shape index (κ3) is 9.76. The first-order valence-corrected chi connectivity index (χ1v) is 0. The Morgan fingerprint density at radius 3 is 1.00 bits per heavy atom. The molecule has 0 radical (unpaired) electrons. The summed E-state index contributed by atoms with van der Waals surface area (Å²) in [5, 5.41) is 0. The van der Waals surface area contributed by atoms with Crippen molar-refractivity contribution in [3.05, 3.63) is 0 Å². The first-order chi connectivity index (χ1) is 0. The fraction of sp³-hybridized carbons (Fsp3) is 0. The third-order valence-corrected chi connectivity index (χ3v) is 0. The third-order valence-electron chi connectivity index (χ3n) is 0. The van der Waals surface area contributed by atoms with Gasteiger partial charge >= 0.3 is 18.9 Å². The monoisotopic (exact) mass is 88.0 g/mol. The molecule has 0 atom stereocenters. The predicted molar refractivity (Wildman–Crippen MR) is 34.3 cm³/mol. The summed E-state index contributed by atoms with van der Waals surface area (Å²) >= 11 is 0. The van der Waals surface area contributed by atoms with Gasteiger partial charge in [-0.3, -0.25) is 0 Å². The van der Waals surface area contributed by atoms with Gasteiger partial charge in [-0.1, -0.05) is 0 Å². The summed E-state index contributed by atoms with van der Waals surface area (Å²) in [6, 6.07) is 0. The zero-order valence-corrected chi connectivity index (χ0v) is 1.22. The van der Waals surface area contributed by atoms with Crippen molar-refractivity contribution in [3.63, 3.8) is 0 Å². The van der Waals surface area contributed by atoms with E-state index in [0.29, 0.717) is 0 Å². The van der Waals surface area contributed by atoms with Gasteiger partial charge in [-0.2, -0.15) is 0 Å². The van der Waals surface area contributed by atoms with Gasteiger partial charge in [-0.15, -0.1) is 12.4 Å². The minimum atomic E-state index is 0. The van der Waals surface area contributed by atoms with Gasteiger partial charge in [0.1, 0.15) is 0 Å². The molecule has 0 aliphatic carbocycles. The number of rotatable bonds is 0. The van der Waals surface area contributed by atoms with E-state index >= 15 is 0 Å². The molecule has 0 unspecified atom stereocenters. The summed E-state index contributed by atoms with van der Waals surface area (Å²) < 4.78 is 0. The van der Waals surface area contributed by atoms with E-state index in [0.717, 1.165) is 0 Å². The van der Waals surface area contributed by atoms with E-state index in [1.807, 2.05) is 0 Å². The van der Waals surface area contributed by atoms with Crippen LogP contribution in [0.25, 0.3) is 0 Å². The van der Waals surface area contributed by atoms with Crippen molar-refractivity contribution in [3.8, 4) is 0 Å². The number of hydrogen-bond acceptors (Lipinski definition) is 0. The molecular weight excluding hydrogens is 80.2 g/mol. The van der Waals surface area contributed by atoms with E-state index in [-0.39, 0.29) is 57.0 Å². The average Bonchev–Trinajstić information content (AvgIpc) is 0. The zero-order valence-electron chi connectivity index (χ0n) is 0.408. The second-order valence-electron chi connectivity index (χ2n) is 0. The first-order valence-electron chi connectivity index (χ1n) is 0. The second-order valence-corrected chi connectivity index (χ2v) is 0. The van der Waals surface area contributed by atoms with Crippen molar-refractivity contribution in [2.75, 3.05) is 0 Å².